The van der Waals surface area contributed by atoms with Crippen LogP contribution in [0.5, 0.6) is 0 Å². The first-order valence-electron chi connectivity index (χ1n) is 17.7. The van der Waals surface area contributed by atoms with Gasteiger partial charge in [0.2, 0.25) is 0 Å². The number of aromatic nitrogens is 10. The zero-order chi connectivity index (χ0) is 42.5. The van der Waals surface area contributed by atoms with Gasteiger partial charge in [-0.05, 0) is 38.1 Å². The molecular formula is C40H28F2N18. The Morgan fingerprint density at radius 2 is 1.02 bits per heavy atom. The van der Waals surface area contributed by atoms with Crippen LogP contribution in [0.25, 0.3) is 33.4 Å². The van der Waals surface area contributed by atoms with Gasteiger partial charge >= 0.3 is 0 Å². The minimum atomic E-state index is -0.523. The average molecular weight is 799 g/mol. The summed E-state index contributed by atoms with van der Waals surface area (Å²) in [7, 11) is 0. The summed E-state index contributed by atoms with van der Waals surface area (Å²) in [6.45, 7) is 3.60. The van der Waals surface area contributed by atoms with Crippen LogP contribution >= 0.6 is 0 Å². The van der Waals surface area contributed by atoms with Gasteiger partial charge in [0.15, 0.2) is 0 Å². The molecule has 2 atom stereocenters. The van der Waals surface area contributed by atoms with Crippen molar-refractivity contribution >= 4 is 45.3 Å². The molecule has 8 aromatic rings. The Bertz CT molecular complexity index is 2900. The van der Waals surface area contributed by atoms with E-state index >= 15 is 0 Å². The summed E-state index contributed by atoms with van der Waals surface area (Å²) in [5, 5.41) is 44.1. The number of benzene rings is 2. The highest BCUT2D eigenvalue weighted by Gasteiger charge is 2.24. The fourth-order valence-corrected chi connectivity index (χ4v) is 6.40. The molecular weight excluding hydrogens is 771 g/mol. The van der Waals surface area contributed by atoms with Crippen LogP contribution in [0.2, 0.25) is 0 Å². The van der Waals surface area contributed by atoms with Gasteiger partial charge in [-0.15, -0.1) is 0 Å². The van der Waals surface area contributed by atoms with Gasteiger partial charge in [0.25, 0.3) is 0 Å². The molecule has 0 unspecified atom stereocenters. The molecule has 0 saturated heterocycles. The summed E-state index contributed by atoms with van der Waals surface area (Å²) in [6.07, 6.45) is 7.66. The number of imidazole rings is 2. The summed E-state index contributed by atoms with van der Waals surface area (Å²) in [6, 6.07) is 20.2. The average Bonchev–Trinajstić information content (AvgIpc) is 3.84. The van der Waals surface area contributed by atoms with Crippen molar-refractivity contribution in [2.24, 2.45) is 0 Å². The SMILES string of the molecule is C[C@@H](Nc1ncnc(N)c1C#N)c1nc2cccc(C#N)c2n1-c1cncc(F)c1.C[C@H](Nc1ncnc(N)c1C#N)c1nc2cccc(C#N)c2n1-c1cncc(F)c1. The Morgan fingerprint density at radius 1 is 0.600 bits per heavy atom. The minimum absolute atomic E-state index is 0.0526. The molecule has 0 aliphatic rings. The third kappa shape index (κ3) is 7.41. The van der Waals surface area contributed by atoms with Crippen LogP contribution < -0.4 is 22.1 Å². The highest BCUT2D eigenvalue weighted by Crippen LogP contribution is 2.32. The van der Waals surface area contributed by atoms with Crippen LogP contribution in [0.1, 0.15) is 59.8 Å². The number of hydrogen-bond acceptors (Lipinski definition) is 16. The largest absolute Gasteiger partial charge is 0.382 e. The van der Waals surface area contributed by atoms with E-state index in [1.165, 1.54) is 37.2 Å². The number of nitrogen functional groups attached to an aromatic ring is 2. The zero-order valence-electron chi connectivity index (χ0n) is 31.4. The molecule has 0 spiro atoms. The van der Waals surface area contributed by atoms with E-state index in [2.05, 4.69) is 62.6 Å². The van der Waals surface area contributed by atoms with Gasteiger partial charge in [-0.1, -0.05) is 12.1 Å². The lowest BCUT2D eigenvalue weighted by Crippen LogP contribution is -2.16. The fraction of sp³-hybridized carbons (Fsp3) is 0.100. The lowest BCUT2D eigenvalue weighted by atomic mass is 10.2. The van der Waals surface area contributed by atoms with Crippen molar-refractivity contribution < 1.29 is 8.78 Å². The molecule has 18 nitrogen and oxygen atoms in total. The molecule has 6 heterocycles. The number of nitrogens with zero attached hydrogens (tertiary/aromatic N) is 14. The van der Waals surface area contributed by atoms with E-state index in [1.807, 2.05) is 12.1 Å². The van der Waals surface area contributed by atoms with Crippen LogP contribution in [-0.4, -0.2) is 49.0 Å². The van der Waals surface area contributed by atoms with Crippen LogP contribution in [0.4, 0.5) is 32.1 Å². The van der Waals surface area contributed by atoms with Crippen LogP contribution in [0.15, 0.2) is 86.0 Å². The molecule has 0 radical (unpaired) electrons. The normalized spacial score (nSPS) is 11.6. The predicted molar refractivity (Wildman–Crippen MR) is 213 cm³/mol. The van der Waals surface area contributed by atoms with Crippen molar-refractivity contribution in [2.75, 3.05) is 22.1 Å². The molecule has 60 heavy (non-hydrogen) atoms. The lowest BCUT2D eigenvalue weighted by molar-refractivity contribution is 0.618. The van der Waals surface area contributed by atoms with Crippen molar-refractivity contribution in [2.45, 2.75) is 25.9 Å². The van der Waals surface area contributed by atoms with Crippen molar-refractivity contribution in [1.82, 2.24) is 49.0 Å². The standard InChI is InChI=1S/2C20H14FN9/c2*1-11(28-19-15(7-23)18(24)26-10-27-19)20-29-16-4-2-3-12(6-22)17(16)30(20)14-5-13(21)8-25-9-14/h2*2-5,8-11H,1H3,(H3,24,26,27,28)/t2*11-/m10/s1. The Kier molecular flexibility index (Phi) is 10.8. The smallest absolute Gasteiger partial charge is 0.150 e. The van der Waals surface area contributed by atoms with Gasteiger partial charge in [0.05, 0.1) is 81.4 Å². The first-order valence-corrected chi connectivity index (χ1v) is 17.7. The summed E-state index contributed by atoms with van der Waals surface area (Å²) in [5.41, 5.74) is 15.5. The second kappa shape index (κ2) is 16.5. The maximum absolute atomic E-state index is 13.9. The van der Waals surface area contributed by atoms with Gasteiger partial charge < -0.3 is 22.1 Å². The van der Waals surface area contributed by atoms with Crippen LogP contribution in [0, 0.1) is 57.0 Å². The Morgan fingerprint density at radius 3 is 1.38 bits per heavy atom. The zero-order valence-corrected chi connectivity index (χ0v) is 31.4. The number of pyridine rings is 2. The Labute approximate surface area is 338 Å². The van der Waals surface area contributed by atoms with E-state index in [0.29, 0.717) is 56.2 Å². The second-order valence-electron chi connectivity index (χ2n) is 12.8. The molecule has 0 aliphatic carbocycles. The fourth-order valence-electron chi connectivity index (χ4n) is 6.40. The second-order valence-corrected chi connectivity index (χ2v) is 12.8. The molecule has 0 aliphatic heterocycles. The van der Waals surface area contributed by atoms with E-state index in [1.54, 1.807) is 59.4 Å². The van der Waals surface area contributed by atoms with Crippen LogP contribution in [0.3, 0.4) is 0 Å². The Hall–Kier alpha value is -9.14. The van der Waals surface area contributed by atoms with Gasteiger partial charge in [0.1, 0.15) is 94.6 Å². The summed E-state index contributed by atoms with van der Waals surface area (Å²) >= 11 is 0. The van der Waals surface area contributed by atoms with E-state index in [9.17, 15) is 29.8 Å². The molecule has 0 amide bonds. The van der Waals surface area contributed by atoms with E-state index in [0.717, 1.165) is 12.4 Å². The lowest BCUT2D eigenvalue weighted by Gasteiger charge is -2.17. The highest BCUT2D eigenvalue weighted by atomic mass is 19.1. The van der Waals surface area contributed by atoms with E-state index in [-0.39, 0.29) is 34.4 Å². The van der Waals surface area contributed by atoms with Gasteiger partial charge in [-0.3, -0.25) is 19.1 Å². The predicted octanol–water partition coefficient (Wildman–Crippen LogP) is 5.70. The monoisotopic (exact) mass is 798 g/mol. The highest BCUT2D eigenvalue weighted by molar-refractivity contribution is 5.85. The molecule has 20 heteroatoms. The third-order valence-electron chi connectivity index (χ3n) is 9.00. The quantitative estimate of drug-likeness (QED) is 0.143. The van der Waals surface area contributed by atoms with E-state index < -0.39 is 23.7 Å². The number of halogens is 2. The number of rotatable bonds is 8. The third-order valence-corrected chi connectivity index (χ3v) is 9.00. The molecule has 2 aromatic carbocycles. The molecule has 0 saturated carbocycles. The summed E-state index contributed by atoms with van der Waals surface area (Å²) < 4.78 is 31.2. The number of nitrogens with two attached hydrogens (primary N) is 2. The van der Waals surface area contributed by atoms with Gasteiger partial charge in [-0.2, -0.15) is 21.0 Å². The van der Waals surface area contributed by atoms with Crippen LogP contribution in [-0.2, 0) is 0 Å². The number of nitriles is 4. The molecule has 6 N–H and O–H groups in total. The Balaban J connectivity index is 0.000000181. The topological polar surface area (TPSA) is 284 Å². The maximum atomic E-state index is 13.9. The number of hydrogen-bond donors (Lipinski definition) is 4. The van der Waals surface area contributed by atoms with Gasteiger partial charge in [0, 0.05) is 12.1 Å². The van der Waals surface area contributed by atoms with Crippen molar-refractivity contribution in [1.29, 1.82) is 21.0 Å². The van der Waals surface area contributed by atoms with Crippen molar-refractivity contribution in [3.63, 3.8) is 0 Å². The molecule has 6 aromatic heterocycles. The first kappa shape index (κ1) is 39.1. The first-order chi connectivity index (χ1) is 29.1. The summed E-state index contributed by atoms with van der Waals surface area (Å²) in [4.78, 5) is 33.0. The molecule has 0 fully saturated rings. The summed E-state index contributed by atoms with van der Waals surface area (Å²) in [5.74, 6) is 0.496. The molecule has 292 valence electrons. The minimum Gasteiger partial charge on any atom is -0.382 e. The maximum Gasteiger partial charge on any atom is 0.150 e. The van der Waals surface area contributed by atoms with Crippen molar-refractivity contribution in [3.05, 3.63) is 132 Å². The van der Waals surface area contributed by atoms with Crippen molar-refractivity contribution in [3.8, 4) is 35.7 Å². The molecule has 8 rings (SSSR count). The van der Waals surface area contributed by atoms with E-state index in [4.69, 9.17) is 11.5 Å². The number of para-hydroxylation sites is 2. The number of anilines is 4. The number of fused-ring (bicyclic) bond motifs is 2. The molecule has 0 bridgehead atoms. The van der Waals surface area contributed by atoms with Gasteiger partial charge in [-0.25, -0.2) is 38.7 Å². The number of nitrogens with one attached hydrogen (secondary N) is 2.